The van der Waals surface area contributed by atoms with Gasteiger partial charge >= 0.3 is 0 Å². The van der Waals surface area contributed by atoms with Crippen molar-refractivity contribution in [2.45, 2.75) is 32.0 Å². The van der Waals surface area contributed by atoms with Gasteiger partial charge in [-0.15, -0.1) is 0 Å². The molecule has 0 bridgehead atoms. The molecule has 0 nitrogen and oxygen atoms in total. The molecule has 0 unspecified atom stereocenters. The third kappa shape index (κ3) is 1.65. The van der Waals surface area contributed by atoms with Crippen LogP contribution in [-0.4, -0.2) is 4.32 Å². The molecule has 0 spiro atoms. The molecular formula is C10H16Br2. The number of allylic oxidation sites excluding steroid dienone is 2. The Morgan fingerprint density at radius 2 is 1.75 bits per heavy atom. The summed E-state index contributed by atoms with van der Waals surface area (Å²) < 4.78 is 1.57. The van der Waals surface area contributed by atoms with E-state index in [1.54, 1.807) is 0 Å². The van der Waals surface area contributed by atoms with E-state index in [-0.39, 0.29) is 4.32 Å². The van der Waals surface area contributed by atoms with Gasteiger partial charge in [0.1, 0.15) is 0 Å². The monoisotopic (exact) mass is 294 g/mol. The first-order valence-corrected chi connectivity index (χ1v) is 6.06. The molecule has 1 fully saturated rings. The van der Waals surface area contributed by atoms with Crippen LogP contribution in [0, 0.1) is 17.8 Å². The van der Waals surface area contributed by atoms with Crippen LogP contribution in [-0.2, 0) is 0 Å². The minimum atomic E-state index is 0.247. The summed E-state index contributed by atoms with van der Waals surface area (Å²) in [7, 11) is 0. The topological polar surface area (TPSA) is 0 Å². The number of hydrogen-bond donors (Lipinski definition) is 0. The lowest BCUT2D eigenvalue weighted by Gasteiger charge is -2.09. The van der Waals surface area contributed by atoms with Crippen molar-refractivity contribution in [1.29, 1.82) is 0 Å². The van der Waals surface area contributed by atoms with Gasteiger partial charge in [0.2, 0.25) is 0 Å². The first kappa shape index (κ1) is 10.8. The molecule has 1 saturated carbocycles. The van der Waals surface area contributed by atoms with Crippen LogP contribution < -0.4 is 0 Å². The molecule has 0 aromatic carbocycles. The molecular weight excluding hydrogens is 280 g/mol. The van der Waals surface area contributed by atoms with E-state index in [9.17, 15) is 0 Å². The number of halogens is 2. The molecule has 1 aliphatic carbocycles. The van der Waals surface area contributed by atoms with Gasteiger partial charge in [-0.2, -0.15) is 0 Å². The highest BCUT2D eigenvalue weighted by Gasteiger charge is 2.59. The molecule has 0 amide bonds. The molecule has 12 heavy (non-hydrogen) atoms. The Bertz CT molecular complexity index is 198. The van der Waals surface area contributed by atoms with Crippen LogP contribution in [0.15, 0.2) is 10.6 Å². The molecule has 1 rings (SSSR count). The molecule has 0 aromatic rings. The smallest absolute Gasteiger partial charge is 0.0625 e. The van der Waals surface area contributed by atoms with E-state index in [1.165, 1.54) is 4.48 Å². The van der Waals surface area contributed by atoms with Gasteiger partial charge in [0, 0.05) is 4.48 Å². The lowest BCUT2D eigenvalue weighted by Crippen LogP contribution is -2.03. The van der Waals surface area contributed by atoms with Crippen molar-refractivity contribution < 1.29 is 0 Å². The molecule has 0 aliphatic heterocycles. The maximum Gasteiger partial charge on any atom is 0.0625 e. The quantitative estimate of drug-likeness (QED) is 0.665. The van der Waals surface area contributed by atoms with Crippen molar-refractivity contribution in [1.82, 2.24) is 0 Å². The SMILES string of the molecule is CC(C)/C=C(\Br)C1(Br)[C@H](C)[C@H]1C. The van der Waals surface area contributed by atoms with Crippen LogP contribution in [0.1, 0.15) is 27.7 Å². The van der Waals surface area contributed by atoms with Crippen molar-refractivity contribution >= 4 is 31.9 Å². The lowest BCUT2D eigenvalue weighted by molar-refractivity contribution is 0.817. The summed E-state index contributed by atoms with van der Waals surface area (Å²) in [6.45, 7) is 8.98. The van der Waals surface area contributed by atoms with Crippen LogP contribution in [0.3, 0.4) is 0 Å². The second-order valence-corrected chi connectivity index (χ2v) is 6.27. The maximum atomic E-state index is 3.80. The highest BCUT2D eigenvalue weighted by Crippen LogP contribution is 2.62. The maximum absolute atomic E-state index is 3.80. The fourth-order valence-corrected chi connectivity index (χ4v) is 3.62. The number of alkyl halides is 1. The van der Waals surface area contributed by atoms with Crippen LogP contribution in [0.4, 0.5) is 0 Å². The van der Waals surface area contributed by atoms with Crippen molar-refractivity contribution in [2.75, 3.05) is 0 Å². The van der Waals surface area contributed by atoms with E-state index in [1.807, 2.05) is 0 Å². The molecule has 0 radical (unpaired) electrons. The Morgan fingerprint density at radius 3 is 2.00 bits per heavy atom. The summed E-state index contributed by atoms with van der Waals surface area (Å²) >= 11 is 7.46. The minimum absolute atomic E-state index is 0.247. The Labute approximate surface area is 92.1 Å². The van der Waals surface area contributed by atoms with Gasteiger partial charge in [-0.25, -0.2) is 0 Å². The van der Waals surface area contributed by atoms with E-state index in [0.29, 0.717) is 5.92 Å². The zero-order valence-electron chi connectivity index (χ0n) is 8.07. The summed E-state index contributed by atoms with van der Waals surface area (Å²) in [5.74, 6) is 2.12. The third-order valence-electron chi connectivity index (χ3n) is 2.81. The summed E-state index contributed by atoms with van der Waals surface area (Å²) in [5.41, 5.74) is 0. The van der Waals surface area contributed by atoms with Gasteiger partial charge in [-0.1, -0.05) is 65.6 Å². The molecule has 0 saturated heterocycles. The Hall–Kier alpha value is 0.700. The molecule has 0 aromatic heterocycles. The van der Waals surface area contributed by atoms with Gasteiger partial charge in [-0.3, -0.25) is 0 Å². The molecule has 0 N–H and O–H groups in total. The van der Waals surface area contributed by atoms with Crippen molar-refractivity contribution in [3.8, 4) is 0 Å². The Kier molecular flexibility index (Phi) is 3.10. The molecule has 70 valence electrons. The van der Waals surface area contributed by atoms with Crippen molar-refractivity contribution in [3.05, 3.63) is 10.6 Å². The average molecular weight is 296 g/mol. The number of hydrogen-bond acceptors (Lipinski definition) is 0. The Morgan fingerprint density at radius 1 is 1.33 bits per heavy atom. The zero-order valence-corrected chi connectivity index (χ0v) is 11.2. The normalized spacial score (nSPS) is 42.1. The third-order valence-corrected chi connectivity index (χ3v) is 6.14. The average Bonchev–Trinajstić information content (AvgIpc) is 2.41. The van der Waals surface area contributed by atoms with Crippen LogP contribution in [0.5, 0.6) is 0 Å². The van der Waals surface area contributed by atoms with Gasteiger partial charge in [0.25, 0.3) is 0 Å². The summed E-state index contributed by atoms with van der Waals surface area (Å²) in [5, 5.41) is 0. The van der Waals surface area contributed by atoms with Crippen LogP contribution >= 0.6 is 31.9 Å². The largest absolute Gasteiger partial charge is 0.0789 e. The second-order valence-electron chi connectivity index (χ2n) is 4.10. The first-order chi connectivity index (χ1) is 5.40. The van der Waals surface area contributed by atoms with E-state index in [4.69, 9.17) is 0 Å². The van der Waals surface area contributed by atoms with Gasteiger partial charge in [0.05, 0.1) is 4.32 Å². The van der Waals surface area contributed by atoms with Gasteiger partial charge in [-0.05, 0) is 17.8 Å². The van der Waals surface area contributed by atoms with Crippen LogP contribution in [0.2, 0.25) is 0 Å². The summed E-state index contributed by atoms with van der Waals surface area (Å²) in [4.78, 5) is 0. The van der Waals surface area contributed by atoms with Gasteiger partial charge < -0.3 is 0 Å². The molecule has 0 heterocycles. The van der Waals surface area contributed by atoms with E-state index >= 15 is 0 Å². The van der Waals surface area contributed by atoms with Crippen molar-refractivity contribution in [2.24, 2.45) is 17.8 Å². The fourth-order valence-electron chi connectivity index (χ4n) is 1.58. The predicted molar refractivity (Wildman–Crippen MR) is 61.8 cm³/mol. The minimum Gasteiger partial charge on any atom is -0.0789 e. The zero-order chi connectivity index (χ0) is 9.52. The lowest BCUT2D eigenvalue weighted by atomic mass is 10.1. The highest BCUT2D eigenvalue weighted by atomic mass is 79.9. The van der Waals surface area contributed by atoms with Crippen LogP contribution in [0.25, 0.3) is 0 Å². The van der Waals surface area contributed by atoms with E-state index in [2.05, 4.69) is 65.6 Å². The fraction of sp³-hybridized carbons (Fsp3) is 0.800. The predicted octanol–water partition coefficient (Wildman–Crippen LogP) is 4.34. The molecule has 2 atom stereocenters. The standard InChI is InChI=1S/C10H16Br2/c1-6(2)5-9(11)10(12)7(3)8(10)4/h5-8H,1-4H3/b9-5-/t7-,8-/m1/s1. The van der Waals surface area contributed by atoms with E-state index in [0.717, 1.165) is 11.8 Å². The Balaban J connectivity index is 2.72. The highest BCUT2D eigenvalue weighted by molar-refractivity contribution is 9.14. The molecule has 1 aliphatic rings. The molecule has 2 heteroatoms. The number of rotatable bonds is 2. The van der Waals surface area contributed by atoms with Crippen molar-refractivity contribution in [3.63, 3.8) is 0 Å². The first-order valence-electron chi connectivity index (χ1n) is 4.47. The summed E-state index contributed by atoms with van der Waals surface area (Å²) in [6, 6.07) is 0. The summed E-state index contributed by atoms with van der Waals surface area (Å²) in [6.07, 6.45) is 2.29. The van der Waals surface area contributed by atoms with E-state index < -0.39 is 0 Å². The van der Waals surface area contributed by atoms with Gasteiger partial charge in [0.15, 0.2) is 0 Å². The second kappa shape index (κ2) is 3.45.